The van der Waals surface area contributed by atoms with Gasteiger partial charge in [0.1, 0.15) is 11.5 Å². The van der Waals surface area contributed by atoms with Crippen molar-refractivity contribution >= 4 is 16.9 Å². The molecule has 0 bridgehead atoms. The van der Waals surface area contributed by atoms with Gasteiger partial charge in [-0.15, -0.1) is 0 Å². The zero-order valence-corrected chi connectivity index (χ0v) is 17.1. The minimum Gasteiger partial charge on any atom is -0.550 e. The van der Waals surface area contributed by atoms with E-state index in [0.717, 1.165) is 11.5 Å². The van der Waals surface area contributed by atoms with Gasteiger partial charge in [0.15, 0.2) is 14.7 Å². The maximum atomic E-state index is 9.26. The van der Waals surface area contributed by atoms with Crippen molar-refractivity contribution in [3.05, 3.63) is 78.9 Å². The lowest BCUT2D eigenvalue weighted by molar-refractivity contribution is -0.305. The average Bonchev–Trinajstić information content (AvgIpc) is 2.76. The third-order valence-corrected chi connectivity index (χ3v) is 6.09. The molecule has 0 saturated heterocycles. The SMILES string of the molecule is CCC(=O)[O-].COc1ccc([S+](c2ccccc2)c2ccc(OC)cc2)cc1. The first-order valence-electron chi connectivity index (χ1n) is 8.86. The Kier molecular flexibility index (Phi) is 8.43. The maximum Gasteiger partial charge on any atom is 0.166 e. The van der Waals surface area contributed by atoms with Crippen molar-refractivity contribution in [2.24, 2.45) is 0 Å². The van der Waals surface area contributed by atoms with Crippen LogP contribution >= 0.6 is 0 Å². The smallest absolute Gasteiger partial charge is 0.166 e. The summed E-state index contributed by atoms with van der Waals surface area (Å²) in [5.41, 5.74) is 0. The van der Waals surface area contributed by atoms with Gasteiger partial charge in [-0.05, 0) is 67.1 Å². The van der Waals surface area contributed by atoms with Crippen molar-refractivity contribution in [2.75, 3.05) is 14.2 Å². The van der Waals surface area contributed by atoms with Crippen molar-refractivity contribution in [3.63, 3.8) is 0 Å². The zero-order chi connectivity index (χ0) is 20.4. The van der Waals surface area contributed by atoms with Crippen molar-refractivity contribution in [2.45, 2.75) is 28.0 Å². The van der Waals surface area contributed by atoms with Gasteiger partial charge >= 0.3 is 0 Å². The quantitative estimate of drug-likeness (QED) is 0.592. The number of carboxylic acids is 1. The average molecular weight is 397 g/mol. The minimum atomic E-state index is -0.995. The summed E-state index contributed by atoms with van der Waals surface area (Å²) < 4.78 is 10.6. The van der Waals surface area contributed by atoms with Crippen molar-refractivity contribution in [3.8, 4) is 11.5 Å². The van der Waals surface area contributed by atoms with Gasteiger partial charge < -0.3 is 19.4 Å². The molecular weight excluding hydrogens is 372 g/mol. The summed E-state index contributed by atoms with van der Waals surface area (Å²) in [6, 6.07) is 27.2. The first-order chi connectivity index (χ1) is 13.6. The highest BCUT2D eigenvalue weighted by atomic mass is 32.2. The summed E-state index contributed by atoms with van der Waals surface area (Å²) in [6.07, 6.45) is 0.111. The van der Waals surface area contributed by atoms with Gasteiger partial charge in [-0.25, -0.2) is 0 Å². The van der Waals surface area contributed by atoms with Crippen LogP contribution in [0.3, 0.4) is 0 Å². The lowest BCUT2D eigenvalue weighted by Crippen LogP contribution is -2.19. The molecule has 0 spiro atoms. The summed E-state index contributed by atoms with van der Waals surface area (Å²) in [4.78, 5) is 13.1. The molecule has 0 unspecified atom stereocenters. The van der Waals surface area contributed by atoms with Gasteiger partial charge in [0.05, 0.1) is 25.1 Å². The number of aliphatic carboxylic acids is 1. The molecule has 0 radical (unpaired) electrons. The Morgan fingerprint density at radius 3 is 1.43 bits per heavy atom. The third-order valence-electron chi connectivity index (χ3n) is 3.86. The van der Waals surface area contributed by atoms with Crippen LogP contribution in [0.25, 0.3) is 0 Å². The first-order valence-corrected chi connectivity index (χ1v) is 10.1. The monoisotopic (exact) mass is 396 g/mol. The Hall–Kier alpha value is -2.92. The topological polar surface area (TPSA) is 58.6 Å². The van der Waals surface area contributed by atoms with Crippen LogP contribution in [0.4, 0.5) is 0 Å². The Bertz CT molecular complexity index is 799. The second-order valence-electron chi connectivity index (χ2n) is 5.70. The van der Waals surface area contributed by atoms with Crippen molar-refractivity contribution in [1.82, 2.24) is 0 Å². The van der Waals surface area contributed by atoms with Crippen molar-refractivity contribution in [1.29, 1.82) is 0 Å². The molecule has 146 valence electrons. The number of carbonyl (C=O) groups is 1. The van der Waals surface area contributed by atoms with Crippen LogP contribution in [0, 0.1) is 0 Å². The summed E-state index contributed by atoms with van der Waals surface area (Å²) in [5, 5.41) is 9.26. The molecule has 0 saturated carbocycles. The number of carboxylic acid groups (broad SMARTS) is 1. The minimum absolute atomic E-state index is 0.111. The van der Waals surface area contributed by atoms with E-state index in [4.69, 9.17) is 9.47 Å². The molecule has 0 fully saturated rings. The molecule has 3 rings (SSSR count). The fraction of sp³-hybridized carbons (Fsp3) is 0.174. The Balaban J connectivity index is 0.000000500. The molecule has 0 aliphatic rings. The number of hydrogen-bond donors (Lipinski definition) is 0. The molecule has 3 aromatic rings. The highest BCUT2D eigenvalue weighted by Crippen LogP contribution is 2.32. The van der Waals surface area contributed by atoms with Gasteiger partial charge in [0, 0.05) is 5.97 Å². The van der Waals surface area contributed by atoms with E-state index in [2.05, 4.69) is 48.5 Å². The number of carbonyl (C=O) groups excluding carboxylic acids is 1. The van der Waals surface area contributed by atoms with Crippen LogP contribution in [-0.4, -0.2) is 20.2 Å². The molecule has 0 aromatic heterocycles. The molecule has 0 heterocycles. The van der Waals surface area contributed by atoms with Crippen LogP contribution in [0.15, 0.2) is 93.5 Å². The van der Waals surface area contributed by atoms with Gasteiger partial charge in [-0.3, -0.25) is 0 Å². The standard InChI is InChI=1S/C20H19O2S.C3H6O2/c1-21-16-8-12-19(13-9-16)23(18-6-4-3-5-7-18)20-14-10-17(22-2)11-15-20;1-2-3(4)5/h3-15H,1-2H3;2H2,1H3,(H,4,5)/q+1;/p-1. The second kappa shape index (κ2) is 11.0. The van der Waals surface area contributed by atoms with Crippen LogP contribution in [0.1, 0.15) is 13.3 Å². The number of hydrogen-bond acceptors (Lipinski definition) is 4. The number of rotatable bonds is 6. The molecule has 28 heavy (non-hydrogen) atoms. The predicted molar refractivity (Wildman–Crippen MR) is 110 cm³/mol. The van der Waals surface area contributed by atoms with Gasteiger partial charge in [0.2, 0.25) is 0 Å². The highest BCUT2D eigenvalue weighted by Gasteiger charge is 2.28. The molecule has 0 atom stereocenters. The van der Waals surface area contributed by atoms with E-state index >= 15 is 0 Å². The summed E-state index contributed by atoms with van der Waals surface area (Å²) >= 11 is 0. The van der Waals surface area contributed by atoms with Crippen LogP contribution < -0.4 is 14.6 Å². The number of benzene rings is 3. The Morgan fingerprint density at radius 1 is 0.750 bits per heavy atom. The fourth-order valence-electron chi connectivity index (χ4n) is 2.39. The molecule has 4 nitrogen and oxygen atoms in total. The first kappa shape index (κ1) is 21.4. The lowest BCUT2D eigenvalue weighted by atomic mass is 10.3. The maximum absolute atomic E-state index is 9.26. The number of methoxy groups -OCH3 is 2. The lowest BCUT2D eigenvalue weighted by Gasteiger charge is -2.09. The third kappa shape index (κ3) is 6.06. The Morgan fingerprint density at radius 2 is 1.11 bits per heavy atom. The van der Waals surface area contributed by atoms with Gasteiger partial charge in [-0.2, -0.15) is 0 Å². The van der Waals surface area contributed by atoms with E-state index in [1.54, 1.807) is 14.2 Å². The molecule has 0 aliphatic heterocycles. The summed E-state index contributed by atoms with van der Waals surface area (Å²) in [7, 11) is 3.23. The van der Waals surface area contributed by atoms with Crippen LogP contribution in [0.2, 0.25) is 0 Å². The highest BCUT2D eigenvalue weighted by molar-refractivity contribution is 7.97. The van der Waals surface area contributed by atoms with E-state index in [0.29, 0.717) is 0 Å². The van der Waals surface area contributed by atoms with Crippen LogP contribution in [0.5, 0.6) is 11.5 Å². The molecular formula is C23H24O4S. The molecule has 0 aliphatic carbocycles. The largest absolute Gasteiger partial charge is 0.550 e. The van der Waals surface area contributed by atoms with E-state index < -0.39 is 5.97 Å². The van der Waals surface area contributed by atoms with E-state index in [9.17, 15) is 9.90 Å². The van der Waals surface area contributed by atoms with Crippen LogP contribution in [-0.2, 0) is 15.7 Å². The molecule has 0 amide bonds. The van der Waals surface area contributed by atoms with E-state index in [1.807, 2.05) is 30.3 Å². The van der Waals surface area contributed by atoms with Crippen molar-refractivity contribution < 1.29 is 19.4 Å². The second-order valence-corrected chi connectivity index (χ2v) is 7.72. The Labute approximate surface area is 169 Å². The van der Waals surface area contributed by atoms with E-state index in [-0.39, 0.29) is 17.3 Å². The predicted octanol–water partition coefficient (Wildman–Crippen LogP) is 3.95. The van der Waals surface area contributed by atoms with E-state index in [1.165, 1.54) is 21.6 Å². The molecule has 5 heteroatoms. The number of ether oxygens (including phenoxy) is 2. The normalized spacial score (nSPS) is 10.0. The zero-order valence-electron chi connectivity index (χ0n) is 16.3. The van der Waals surface area contributed by atoms with Gasteiger partial charge in [-0.1, -0.05) is 25.1 Å². The fourth-order valence-corrected chi connectivity index (χ4v) is 4.45. The summed E-state index contributed by atoms with van der Waals surface area (Å²) in [6.45, 7) is 1.54. The molecule has 0 N–H and O–H groups in total. The molecule has 3 aromatic carbocycles. The summed E-state index contributed by atoms with van der Waals surface area (Å²) in [5.74, 6) is 0.755. The van der Waals surface area contributed by atoms with Gasteiger partial charge in [0.25, 0.3) is 0 Å².